The van der Waals surface area contributed by atoms with E-state index in [1.807, 2.05) is 42.5 Å². The van der Waals surface area contributed by atoms with Gasteiger partial charge in [0.1, 0.15) is 11.9 Å². The van der Waals surface area contributed by atoms with Gasteiger partial charge in [-0.05, 0) is 23.8 Å². The molecule has 4 nitrogen and oxygen atoms in total. The van der Waals surface area contributed by atoms with Crippen molar-refractivity contribution in [2.45, 2.75) is 18.6 Å². The van der Waals surface area contributed by atoms with Gasteiger partial charge in [0.05, 0.1) is 6.04 Å². The largest absolute Gasteiger partial charge is 0.485 e. The van der Waals surface area contributed by atoms with Crippen LogP contribution in [0.15, 0.2) is 54.6 Å². The molecule has 2 aromatic carbocycles. The van der Waals surface area contributed by atoms with E-state index in [2.05, 4.69) is 22.8 Å². The molecule has 1 amide bonds. The summed E-state index contributed by atoms with van der Waals surface area (Å²) >= 11 is 5.12. The summed E-state index contributed by atoms with van der Waals surface area (Å²) in [6.45, 7) is 0. The molecule has 0 fully saturated rings. The maximum Gasteiger partial charge on any atom is 0.213 e. The summed E-state index contributed by atoms with van der Waals surface area (Å²) in [5.41, 5.74) is 2.17. The van der Waals surface area contributed by atoms with E-state index < -0.39 is 0 Å². The zero-order chi connectivity index (χ0) is 15.4. The van der Waals surface area contributed by atoms with Crippen LogP contribution in [0.5, 0.6) is 5.75 Å². The third kappa shape index (κ3) is 3.09. The summed E-state index contributed by atoms with van der Waals surface area (Å²) in [7, 11) is 0. The first-order valence-corrected chi connectivity index (χ1v) is 7.50. The third-order valence-corrected chi connectivity index (χ3v) is 3.92. The van der Waals surface area contributed by atoms with E-state index in [4.69, 9.17) is 17.0 Å². The number of hydrogen-bond donors (Lipinski definition) is 2. The van der Waals surface area contributed by atoms with E-state index >= 15 is 0 Å². The zero-order valence-electron chi connectivity index (χ0n) is 11.9. The number of thiocarbonyl (C=S) groups is 1. The lowest BCUT2D eigenvalue weighted by atomic mass is 9.93. The molecule has 2 atom stereocenters. The zero-order valence-corrected chi connectivity index (χ0v) is 12.7. The van der Waals surface area contributed by atoms with Gasteiger partial charge >= 0.3 is 0 Å². The number of rotatable bonds is 3. The number of ether oxygens (including phenoxy) is 1. The average molecular weight is 312 g/mol. The van der Waals surface area contributed by atoms with Gasteiger partial charge in [-0.25, -0.2) is 0 Å². The smallest absolute Gasteiger partial charge is 0.213 e. The Morgan fingerprint density at radius 3 is 2.64 bits per heavy atom. The summed E-state index contributed by atoms with van der Waals surface area (Å²) in [4.78, 5) is 10.5. The highest BCUT2D eigenvalue weighted by Gasteiger charge is 2.29. The number of carbonyl (C=O) groups is 1. The predicted octanol–water partition coefficient (Wildman–Crippen LogP) is 2.87. The minimum Gasteiger partial charge on any atom is -0.485 e. The van der Waals surface area contributed by atoms with Gasteiger partial charge in [0.2, 0.25) is 6.41 Å². The Hall–Kier alpha value is -2.40. The van der Waals surface area contributed by atoms with Crippen LogP contribution < -0.4 is 15.4 Å². The van der Waals surface area contributed by atoms with Crippen LogP contribution in [0.4, 0.5) is 0 Å². The lowest BCUT2D eigenvalue weighted by molar-refractivity contribution is -0.108. The van der Waals surface area contributed by atoms with E-state index in [0.29, 0.717) is 11.5 Å². The summed E-state index contributed by atoms with van der Waals surface area (Å²) < 4.78 is 6.12. The maximum atomic E-state index is 10.5. The average Bonchev–Trinajstić information content (AvgIpc) is 2.56. The monoisotopic (exact) mass is 312 g/mol. The van der Waals surface area contributed by atoms with Gasteiger partial charge in [-0.2, -0.15) is 0 Å². The molecule has 0 bridgehead atoms. The molecule has 1 aliphatic heterocycles. The van der Waals surface area contributed by atoms with Crippen molar-refractivity contribution in [3.63, 3.8) is 0 Å². The first kappa shape index (κ1) is 14.5. The molecule has 0 spiro atoms. The molecule has 0 saturated heterocycles. The third-order valence-electron chi connectivity index (χ3n) is 3.68. The van der Waals surface area contributed by atoms with Crippen molar-refractivity contribution >= 4 is 23.7 Å². The van der Waals surface area contributed by atoms with Crippen molar-refractivity contribution in [1.82, 2.24) is 10.6 Å². The second-order valence-corrected chi connectivity index (χ2v) is 5.49. The normalized spacial score (nSPS) is 19.5. The van der Waals surface area contributed by atoms with Crippen molar-refractivity contribution in [2.24, 2.45) is 0 Å². The molecule has 1 heterocycles. The summed E-state index contributed by atoms with van der Waals surface area (Å²) in [5, 5.41) is 5.98. The fourth-order valence-corrected chi connectivity index (χ4v) is 2.87. The fraction of sp³-hybridized carbons (Fsp3) is 0.176. The number of amides is 1. The van der Waals surface area contributed by atoms with Crippen molar-refractivity contribution < 1.29 is 9.53 Å². The molecular weight excluding hydrogens is 296 g/mol. The Morgan fingerprint density at radius 1 is 1.14 bits per heavy atom. The molecule has 0 aromatic heterocycles. The van der Waals surface area contributed by atoms with Gasteiger partial charge < -0.3 is 15.4 Å². The Bertz CT molecular complexity index is 675. The first-order valence-electron chi connectivity index (χ1n) is 7.09. The van der Waals surface area contributed by atoms with Crippen molar-refractivity contribution in [3.8, 4) is 5.75 Å². The van der Waals surface area contributed by atoms with E-state index in [1.165, 1.54) is 0 Å². The molecule has 5 heteroatoms. The fourth-order valence-electron chi connectivity index (χ4n) is 2.68. The molecule has 1 aliphatic rings. The second kappa shape index (κ2) is 6.58. The topological polar surface area (TPSA) is 50.4 Å². The SMILES string of the molecule is O=CNC(=S)NC1CC(c2ccccc2)Oc2ccccc21. The van der Waals surface area contributed by atoms with Crippen LogP contribution in [0.3, 0.4) is 0 Å². The molecule has 2 aromatic rings. The van der Waals surface area contributed by atoms with Crippen LogP contribution in [0.25, 0.3) is 0 Å². The molecule has 0 radical (unpaired) electrons. The van der Waals surface area contributed by atoms with E-state index in [0.717, 1.165) is 23.3 Å². The maximum absolute atomic E-state index is 10.5. The molecule has 112 valence electrons. The van der Waals surface area contributed by atoms with Gasteiger partial charge in [-0.15, -0.1) is 0 Å². The molecule has 3 rings (SSSR count). The molecule has 22 heavy (non-hydrogen) atoms. The van der Waals surface area contributed by atoms with E-state index in [1.54, 1.807) is 0 Å². The summed E-state index contributed by atoms with van der Waals surface area (Å²) in [6, 6.07) is 18.0. The van der Waals surface area contributed by atoms with Gasteiger partial charge in [0, 0.05) is 12.0 Å². The lowest BCUT2D eigenvalue weighted by Gasteiger charge is -2.33. The molecule has 2 unspecified atom stereocenters. The molecule has 0 saturated carbocycles. The highest BCUT2D eigenvalue weighted by molar-refractivity contribution is 7.80. The predicted molar refractivity (Wildman–Crippen MR) is 88.5 cm³/mol. The molecule has 0 aliphatic carbocycles. The minimum atomic E-state index is -0.0485. The Morgan fingerprint density at radius 2 is 1.86 bits per heavy atom. The van der Waals surface area contributed by atoms with Gasteiger partial charge in [0.25, 0.3) is 0 Å². The number of nitrogens with one attached hydrogen (secondary N) is 2. The van der Waals surface area contributed by atoms with Crippen LogP contribution in [0.2, 0.25) is 0 Å². The minimum absolute atomic E-state index is 0.00453. The van der Waals surface area contributed by atoms with Crippen molar-refractivity contribution in [2.75, 3.05) is 0 Å². The quantitative estimate of drug-likeness (QED) is 0.676. The first-order chi connectivity index (χ1) is 10.8. The number of fused-ring (bicyclic) bond motifs is 1. The van der Waals surface area contributed by atoms with Crippen molar-refractivity contribution in [3.05, 3.63) is 65.7 Å². The second-order valence-electron chi connectivity index (χ2n) is 5.08. The van der Waals surface area contributed by atoms with Crippen LogP contribution in [0.1, 0.15) is 29.7 Å². The Kier molecular flexibility index (Phi) is 4.34. The van der Waals surface area contributed by atoms with Crippen LogP contribution in [-0.2, 0) is 4.79 Å². The standard InChI is InChI=1S/C17H16N2O2S/c20-11-18-17(22)19-14-10-16(12-6-2-1-3-7-12)21-15-9-5-4-8-13(14)15/h1-9,11,14,16H,10H2,(H2,18,19,20,22). The molecule has 2 N–H and O–H groups in total. The van der Waals surface area contributed by atoms with Gasteiger partial charge in [0.15, 0.2) is 5.11 Å². The van der Waals surface area contributed by atoms with Crippen molar-refractivity contribution in [1.29, 1.82) is 0 Å². The Labute approximate surface area is 134 Å². The van der Waals surface area contributed by atoms with Gasteiger partial charge in [-0.1, -0.05) is 48.5 Å². The summed E-state index contributed by atoms with van der Waals surface area (Å²) in [5.74, 6) is 0.842. The number of carbonyl (C=O) groups excluding carboxylic acids is 1. The molecular formula is C17H16N2O2S. The van der Waals surface area contributed by atoms with Crippen LogP contribution >= 0.6 is 12.2 Å². The lowest BCUT2D eigenvalue weighted by Crippen LogP contribution is -2.39. The number of benzene rings is 2. The number of para-hydroxylation sites is 1. The van der Waals surface area contributed by atoms with Gasteiger partial charge in [-0.3, -0.25) is 4.79 Å². The van der Waals surface area contributed by atoms with E-state index in [-0.39, 0.29) is 12.1 Å². The summed E-state index contributed by atoms with van der Waals surface area (Å²) in [6.07, 6.45) is 1.27. The highest BCUT2D eigenvalue weighted by atomic mass is 32.1. The van der Waals surface area contributed by atoms with E-state index in [9.17, 15) is 4.79 Å². The highest BCUT2D eigenvalue weighted by Crippen LogP contribution is 2.40. The van der Waals surface area contributed by atoms with Crippen LogP contribution in [-0.4, -0.2) is 11.5 Å². The van der Waals surface area contributed by atoms with Crippen LogP contribution in [0, 0.1) is 0 Å². The Balaban J connectivity index is 1.88. The number of hydrogen-bond acceptors (Lipinski definition) is 3.